The second-order valence-corrected chi connectivity index (χ2v) is 7.57. The molecule has 0 amide bonds. The molecule has 0 radical (unpaired) electrons. The van der Waals surface area contributed by atoms with Crippen molar-refractivity contribution >= 4 is 6.16 Å². The SMILES string of the molecule is CCCC(c1ccc(OC(=O)OC(C)(C)C)c(CC)c1)C(C)CC. The van der Waals surface area contributed by atoms with Crippen LogP contribution in [0.2, 0.25) is 0 Å². The van der Waals surface area contributed by atoms with E-state index in [0.717, 1.165) is 12.0 Å². The molecule has 3 nitrogen and oxygen atoms in total. The van der Waals surface area contributed by atoms with Gasteiger partial charge in [0.25, 0.3) is 0 Å². The first-order chi connectivity index (χ1) is 11.2. The van der Waals surface area contributed by atoms with Gasteiger partial charge < -0.3 is 9.47 Å². The molecule has 0 aromatic heterocycles. The summed E-state index contributed by atoms with van der Waals surface area (Å²) in [5.41, 5.74) is 1.86. The molecule has 0 N–H and O–H groups in total. The molecule has 1 aromatic carbocycles. The maximum atomic E-state index is 11.9. The lowest BCUT2D eigenvalue weighted by Crippen LogP contribution is -2.26. The lowest BCUT2D eigenvalue weighted by Gasteiger charge is -2.24. The summed E-state index contributed by atoms with van der Waals surface area (Å²) < 4.78 is 10.7. The molecule has 3 heteroatoms. The van der Waals surface area contributed by atoms with Crippen molar-refractivity contribution in [2.75, 3.05) is 0 Å². The summed E-state index contributed by atoms with van der Waals surface area (Å²) in [4.78, 5) is 11.9. The van der Waals surface area contributed by atoms with E-state index in [9.17, 15) is 4.79 Å². The van der Waals surface area contributed by atoms with Gasteiger partial charge in [-0.2, -0.15) is 0 Å². The highest BCUT2D eigenvalue weighted by molar-refractivity contribution is 5.65. The van der Waals surface area contributed by atoms with Crippen molar-refractivity contribution in [2.45, 2.75) is 85.7 Å². The molecule has 2 unspecified atom stereocenters. The fourth-order valence-electron chi connectivity index (χ4n) is 2.94. The Balaban J connectivity index is 3.01. The first-order valence-corrected chi connectivity index (χ1v) is 9.25. The molecule has 0 heterocycles. The average Bonchev–Trinajstić information content (AvgIpc) is 2.50. The molecule has 0 aliphatic rings. The topological polar surface area (TPSA) is 35.5 Å². The van der Waals surface area contributed by atoms with Crippen LogP contribution in [0.25, 0.3) is 0 Å². The van der Waals surface area contributed by atoms with Crippen molar-refractivity contribution in [3.05, 3.63) is 29.3 Å². The number of carbonyl (C=O) groups is 1. The Morgan fingerprint density at radius 1 is 1.17 bits per heavy atom. The Hall–Kier alpha value is -1.51. The summed E-state index contributed by atoms with van der Waals surface area (Å²) in [5, 5.41) is 0. The minimum Gasteiger partial charge on any atom is -0.428 e. The van der Waals surface area contributed by atoms with Crippen LogP contribution in [-0.2, 0) is 11.2 Å². The summed E-state index contributed by atoms with van der Waals surface area (Å²) in [6.45, 7) is 14.4. The van der Waals surface area contributed by atoms with E-state index in [1.807, 2.05) is 26.8 Å². The maximum Gasteiger partial charge on any atom is 0.514 e. The highest BCUT2D eigenvalue weighted by atomic mass is 16.7. The van der Waals surface area contributed by atoms with Gasteiger partial charge in [0.05, 0.1) is 0 Å². The van der Waals surface area contributed by atoms with Crippen LogP contribution in [0, 0.1) is 5.92 Å². The van der Waals surface area contributed by atoms with E-state index in [1.54, 1.807) is 0 Å². The quantitative estimate of drug-likeness (QED) is 0.422. The Morgan fingerprint density at radius 3 is 2.33 bits per heavy atom. The van der Waals surface area contributed by atoms with Gasteiger partial charge in [-0.05, 0) is 62.6 Å². The van der Waals surface area contributed by atoms with E-state index in [-0.39, 0.29) is 0 Å². The van der Waals surface area contributed by atoms with Gasteiger partial charge in [0.15, 0.2) is 0 Å². The van der Waals surface area contributed by atoms with Gasteiger partial charge in [-0.3, -0.25) is 0 Å². The van der Waals surface area contributed by atoms with Crippen molar-refractivity contribution in [3.63, 3.8) is 0 Å². The standard InChI is InChI=1S/C21H34O3/c1-8-11-18(15(4)9-2)17-12-13-19(16(10-3)14-17)23-20(22)24-21(5,6)7/h12-15,18H,8-11H2,1-7H3. The molecular weight excluding hydrogens is 300 g/mol. The number of aryl methyl sites for hydroxylation is 1. The van der Waals surface area contributed by atoms with Crippen LogP contribution >= 0.6 is 0 Å². The highest BCUT2D eigenvalue weighted by Crippen LogP contribution is 2.34. The molecule has 1 aromatic rings. The van der Waals surface area contributed by atoms with E-state index in [4.69, 9.17) is 9.47 Å². The van der Waals surface area contributed by atoms with Crippen LogP contribution in [0.1, 0.15) is 84.8 Å². The highest BCUT2D eigenvalue weighted by Gasteiger charge is 2.21. The van der Waals surface area contributed by atoms with E-state index in [2.05, 4.69) is 39.8 Å². The molecule has 0 fully saturated rings. The molecule has 0 aliphatic heterocycles. The Bertz CT molecular complexity index is 528. The smallest absolute Gasteiger partial charge is 0.428 e. The molecule has 0 spiro atoms. The third kappa shape index (κ3) is 6.18. The predicted molar refractivity (Wildman–Crippen MR) is 99.8 cm³/mol. The van der Waals surface area contributed by atoms with Crippen molar-refractivity contribution in [2.24, 2.45) is 5.92 Å². The molecular formula is C21H34O3. The van der Waals surface area contributed by atoms with Gasteiger partial charge in [0, 0.05) is 0 Å². The van der Waals surface area contributed by atoms with E-state index < -0.39 is 11.8 Å². The zero-order valence-electron chi connectivity index (χ0n) is 16.4. The first-order valence-electron chi connectivity index (χ1n) is 9.25. The van der Waals surface area contributed by atoms with Crippen molar-refractivity contribution in [3.8, 4) is 5.75 Å². The molecule has 136 valence electrons. The lowest BCUT2D eigenvalue weighted by molar-refractivity contribution is 0.0204. The number of carbonyl (C=O) groups excluding carboxylic acids is 1. The number of rotatable bonds is 7. The van der Waals surface area contributed by atoms with E-state index in [1.165, 1.54) is 24.8 Å². The Morgan fingerprint density at radius 2 is 1.83 bits per heavy atom. The normalized spacial score (nSPS) is 14.1. The van der Waals surface area contributed by atoms with Crippen molar-refractivity contribution in [1.82, 2.24) is 0 Å². The summed E-state index contributed by atoms with van der Waals surface area (Å²) >= 11 is 0. The fourth-order valence-corrected chi connectivity index (χ4v) is 2.94. The number of benzene rings is 1. The van der Waals surface area contributed by atoms with Crippen LogP contribution < -0.4 is 4.74 Å². The molecule has 0 aliphatic carbocycles. The zero-order chi connectivity index (χ0) is 18.3. The minimum atomic E-state index is -0.642. The summed E-state index contributed by atoms with van der Waals surface area (Å²) in [6, 6.07) is 6.22. The van der Waals surface area contributed by atoms with Crippen molar-refractivity contribution < 1.29 is 14.3 Å². The monoisotopic (exact) mass is 334 g/mol. The number of hydrogen-bond acceptors (Lipinski definition) is 3. The van der Waals surface area contributed by atoms with Gasteiger partial charge in [0.2, 0.25) is 0 Å². The lowest BCUT2D eigenvalue weighted by atomic mass is 9.82. The Labute approximate surface area is 147 Å². The van der Waals surface area contributed by atoms with Gasteiger partial charge in [-0.1, -0.05) is 52.7 Å². The van der Waals surface area contributed by atoms with E-state index >= 15 is 0 Å². The van der Waals surface area contributed by atoms with E-state index in [0.29, 0.717) is 17.6 Å². The predicted octanol–water partition coefficient (Wildman–Crippen LogP) is 6.49. The molecule has 0 bridgehead atoms. The zero-order valence-corrected chi connectivity index (χ0v) is 16.4. The van der Waals surface area contributed by atoms with Gasteiger partial charge in [-0.15, -0.1) is 0 Å². The molecule has 2 atom stereocenters. The first kappa shape index (κ1) is 20.5. The molecule has 1 rings (SSSR count). The summed E-state index contributed by atoms with van der Waals surface area (Å²) in [5.74, 6) is 1.81. The fraction of sp³-hybridized carbons (Fsp3) is 0.667. The largest absolute Gasteiger partial charge is 0.514 e. The molecule has 24 heavy (non-hydrogen) atoms. The molecule has 0 saturated carbocycles. The van der Waals surface area contributed by atoms with Crippen molar-refractivity contribution in [1.29, 1.82) is 0 Å². The average molecular weight is 335 g/mol. The maximum absolute atomic E-state index is 11.9. The van der Waals surface area contributed by atoms with Crippen LogP contribution in [0.15, 0.2) is 18.2 Å². The van der Waals surface area contributed by atoms with Gasteiger partial charge in [0.1, 0.15) is 11.4 Å². The van der Waals surface area contributed by atoms with Crippen LogP contribution in [0.3, 0.4) is 0 Å². The number of ether oxygens (including phenoxy) is 2. The summed E-state index contributed by atoms with van der Waals surface area (Å²) in [7, 11) is 0. The second-order valence-electron chi connectivity index (χ2n) is 7.57. The molecule has 0 saturated heterocycles. The van der Waals surface area contributed by atoms with Crippen LogP contribution in [-0.4, -0.2) is 11.8 Å². The third-order valence-electron chi connectivity index (χ3n) is 4.41. The third-order valence-corrected chi connectivity index (χ3v) is 4.41. The van der Waals surface area contributed by atoms with Gasteiger partial charge in [-0.25, -0.2) is 4.79 Å². The van der Waals surface area contributed by atoms with Gasteiger partial charge >= 0.3 is 6.16 Å². The number of hydrogen-bond donors (Lipinski definition) is 0. The van der Waals surface area contributed by atoms with Crippen LogP contribution in [0.4, 0.5) is 4.79 Å². The van der Waals surface area contributed by atoms with Crippen LogP contribution in [0.5, 0.6) is 5.75 Å². The summed E-state index contributed by atoms with van der Waals surface area (Å²) in [6.07, 6.45) is 3.71. The minimum absolute atomic E-state index is 0.549. The second kappa shape index (κ2) is 9.10. The Kier molecular flexibility index (Phi) is 7.78.